The number of halogens is 2. The summed E-state index contributed by atoms with van der Waals surface area (Å²) in [6.45, 7) is 0.0337. The highest BCUT2D eigenvalue weighted by Crippen LogP contribution is 2.17. The molecular weight excluding hydrogens is 288 g/mol. The van der Waals surface area contributed by atoms with Crippen LogP contribution in [0.4, 0.5) is 8.78 Å². The van der Waals surface area contributed by atoms with Gasteiger partial charge in [0.25, 0.3) is 0 Å². The van der Waals surface area contributed by atoms with E-state index in [1.165, 1.54) is 30.3 Å². The Morgan fingerprint density at radius 3 is 2.20 bits per heavy atom. The Labute approximate surface area is 114 Å². The average molecular weight is 299 g/mol. The van der Waals surface area contributed by atoms with Gasteiger partial charge in [-0.15, -0.1) is 0 Å². The monoisotopic (exact) mass is 299 g/mol. The highest BCUT2D eigenvalue weighted by atomic mass is 32.2. The lowest BCUT2D eigenvalue weighted by atomic mass is 10.2. The van der Waals surface area contributed by atoms with E-state index in [9.17, 15) is 17.2 Å². The van der Waals surface area contributed by atoms with E-state index in [1.807, 2.05) is 0 Å². The van der Waals surface area contributed by atoms with E-state index in [2.05, 4.69) is 0 Å². The first-order valence-corrected chi connectivity index (χ1v) is 7.10. The van der Waals surface area contributed by atoms with Gasteiger partial charge in [-0.1, -0.05) is 6.07 Å². The molecule has 0 aliphatic heterocycles. The van der Waals surface area contributed by atoms with Gasteiger partial charge < -0.3 is 4.74 Å². The molecule has 0 unspecified atom stereocenters. The molecule has 2 N–H and O–H groups in total. The number of benzene rings is 2. The van der Waals surface area contributed by atoms with Crippen LogP contribution < -0.4 is 9.88 Å². The Hall–Kier alpha value is -1.99. The first kappa shape index (κ1) is 14.4. The molecule has 0 aliphatic rings. The summed E-state index contributed by atoms with van der Waals surface area (Å²) in [6, 6.07) is 8.91. The van der Waals surface area contributed by atoms with Crippen LogP contribution in [0.25, 0.3) is 0 Å². The first-order valence-electron chi connectivity index (χ1n) is 5.56. The van der Waals surface area contributed by atoms with Crippen LogP contribution in [0.2, 0.25) is 0 Å². The van der Waals surface area contributed by atoms with Gasteiger partial charge in [0.2, 0.25) is 10.0 Å². The van der Waals surface area contributed by atoms with E-state index < -0.39 is 21.7 Å². The second-order valence-corrected chi connectivity index (χ2v) is 5.61. The molecule has 2 aromatic carbocycles. The van der Waals surface area contributed by atoms with Crippen molar-refractivity contribution in [2.24, 2.45) is 5.14 Å². The number of rotatable bonds is 4. The maximum atomic E-state index is 13.0. The second kappa shape index (κ2) is 5.56. The lowest BCUT2D eigenvalue weighted by molar-refractivity contribution is 0.305. The first-order chi connectivity index (χ1) is 9.36. The fourth-order valence-electron chi connectivity index (χ4n) is 1.52. The minimum atomic E-state index is -3.74. The molecule has 0 fully saturated rings. The fourth-order valence-corrected chi connectivity index (χ4v) is 2.04. The molecule has 0 atom stereocenters. The van der Waals surface area contributed by atoms with Gasteiger partial charge in [0.15, 0.2) is 11.6 Å². The normalized spacial score (nSPS) is 11.3. The molecule has 0 amide bonds. The number of hydrogen-bond acceptors (Lipinski definition) is 3. The van der Waals surface area contributed by atoms with Crippen LogP contribution in [-0.4, -0.2) is 8.42 Å². The van der Waals surface area contributed by atoms with Crippen molar-refractivity contribution in [3.05, 3.63) is 59.7 Å². The van der Waals surface area contributed by atoms with Crippen LogP contribution >= 0.6 is 0 Å². The predicted octanol–water partition coefficient (Wildman–Crippen LogP) is 2.19. The molecule has 0 heterocycles. The van der Waals surface area contributed by atoms with Crippen molar-refractivity contribution in [1.29, 1.82) is 0 Å². The third kappa shape index (κ3) is 3.52. The number of sulfonamides is 1. The van der Waals surface area contributed by atoms with Crippen LogP contribution in [-0.2, 0) is 16.6 Å². The molecule has 4 nitrogen and oxygen atoms in total. The molecule has 0 saturated carbocycles. The smallest absolute Gasteiger partial charge is 0.238 e. The van der Waals surface area contributed by atoms with Gasteiger partial charge in [0.05, 0.1) is 4.90 Å². The Bertz CT molecular complexity index is 715. The Kier molecular flexibility index (Phi) is 4.01. The molecule has 2 aromatic rings. The maximum Gasteiger partial charge on any atom is 0.238 e. The number of hydrogen-bond donors (Lipinski definition) is 1. The third-order valence-corrected chi connectivity index (χ3v) is 3.47. The zero-order valence-corrected chi connectivity index (χ0v) is 11.0. The molecule has 7 heteroatoms. The molecule has 0 radical (unpaired) electrons. The summed E-state index contributed by atoms with van der Waals surface area (Å²) in [5.41, 5.74) is 0.458. The average Bonchev–Trinajstić information content (AvgIpc) is 2.40. The van der Waals surface area contributed by atoms with Crippen molar-refractivity contribution in [2.75, 3.05) is 0 Å². The summed E-state index contributed by atoms with van der Waals surface area (Å²) in [4.78, 5) is -0.0299. The minimum Gasteiger partial charge on any atom is -0.489 e. The Morgan fingerprint density at radius 2 is 1.65 bits per heavy atom. The summed E-state index contributed by atoms with van der Waals surface area (Å²) in [5.74, 6) is -1.48. The summed E-state index contributed by atoms with van der Waals surface area (Å²) < 4.78 is 53.1. The molecule has 0 spiro atoms. The van der Waals surface area contributed by atoms with Crippen LogP contribution in [0.15, 0.2) is 47.4 Å². The van der Waals surface area contributed by atoms with Crippen LogP contribution in [0, 0.1) is 11.6 Å². The van der Waals surface area contributed by atoms with Gasteiger partial charge >= 0.3 is 0 Å². The van der Waals surface area contributed by atoms with E-state index in [4.69, 9.17) is 9.88 Å². The van der Waals surface area contributed by atoms with Gasteiger partial charge in [-0.05, 0) is 42.0 Å². The van der Waals surface area contributed by atoms with E-state index in [-0.39, 0.29) is 11.5 Å². The zero-order chi connectivity index (χ0) is 14.8. The van der Waals surface area contributed by atoms with Gasteiger partial charge in [-0.3, -0.25) is 0 Å². The molecule has 20 heavy (non-hydrogen) atoms. The summed E-state index contributed by atoms with van der Waals surface area (Å²) in [6.07, 6.45) is 0. The van der Waals surface area contributed by atoms with Crippen molar-refractivity contribution in [2.45, 2.75) is 11.5 Å². The zero-order valence-electron chi connectivity index (χ0n) is 10.2. The predicted molar refractivity (Wildman–Crippen MR) is 68.5 cm³/mol. The molecule has 0 bridgehead atoms. The van der Waals surface area contributed by atoms with Crippen molar-refractivity contribution in [1.82, 2.24) is 0 Å². The highest BCUT2D eigenvalue weighted by molar-refractivity contribution is 7.89. The van der Waals surface area contributed by atoms with Crippen LogP contribution in [0.1, 0.15) is 5.56 Å². The highest BCUT2D eigenvalue weighted by Gasteiger charge is 2.07. The van der Waals surface area contributed by atoms with Gasteiger partial charge in [0.1, 0.15) is 12.4 Å². The van der Waals surface area contributed by atoms with Crippen molar-refractivity contribution < 1.29 is 21.9 Å². The topological polar surface area (TPSA) is 69.4 Å². The summed E-state index contributed by atoms with van der Waals surface area (Å²) in [7, 11) is -3.74. The molecule has 106 valence electrons. The number of primary sulfonamides is 1. The van der Waals surface area contributed by atoms with E-state index >= 15 is 0 Å². The van der Waals surface area contributed by atoms with Crippen LogP contribution in [0.3, 0.4) is 0 Å². The van der Waals surface area contributed by atoms with Crippen molar-refractivity contribution >= 4 is 10.0 Å². The summed E-state index contributed by atoms with van der Waals surface area (Å²) in [5, 5.41) is 4.96. The Balaban J connectivity index is 2.06. The molecular formula is C13H11F2NO3S. The van der Waals surface area contributed by atoms with Crippen LogP contribution in [0.5, 0.6) is 5.75 Å². The molecule has 0 aromatic heterocycles. The maximum absolute atomic E-state index is 13.0. The number of nitrogens with two attached hydrogens (primary N) is 1. The van der Waals surface area contributed by atoms with E-state index in [0.717, 1.165) is 12.1 Å². The SMILES string of the molecule is NS(=O)(=O)c1ccc(OCc2ccc(F)c(F)c2)cc1. The van der Waals surface area contributed by atoms with Crippen molar-refractivity contribution in [3.8, 4) is 5.75 Å². The molecule has 2 rings (SSSR count). The lowest BCUT2D eigenvalue weighted by Crippen LogP contribution is -2.11. The quantitative estimate of drug-likeness (QED) is 0.941. The van der Waals surface area contributed by atoms with Gasteiger partial charge in [-0.25, -0.2) is 22.3 Å². The Morgan fingerprint density at radius 1 is 1.00 bits per heavy atom. The van der Waals surface area contributed by atoms with E-state index in [0.29, 0.717) is 11.3 Å². The fraction of sp³-hybridized carbons (Fsp3) is 0.0769. The third-order valence-electron chi connectivity index (χ3n) is 2.54. The molecule has 0 saturated heterocycles. The van der Waals surface area contributed by atoms with Gasteiger partial charge in [0, 0.05) is 0 Å². The van der Waals surface area contributed by atoms with E-state index in [1.54, 1.807) is 0 Å². The second-order valence-electron chi connectivity index (χ2n) is 4.05. The minimum absolute atomic E-state index is 0.0299. The van der Waals surface area contributed by atoms with Gasteiger partial charge in [-0.2, -0.15) is 0 Å². The lowest BCUT2D eigenvalue weighted by Gasteiger charge is -2.07. The van der Waals surface area contributed by atoms with Crippen molar-refractivity contribution in [3.63, 3.8) is 0 Å². The molecule has 0 aliphatic carbocycles. The summed E-state index contributed by atoms with van der Waals surface area (Å²) >= 11 is 0. The standard InChI is InChI=1S/C13H11F2NO3S/c14-12-6-1-9(7-13(12)15)8-19-10-2-4-11(5-3-10)20(16,17)18/h1-7H,8H2,(H2,16,17,18). The number of ether oxygens (including phenoxy) is 1. The largest absolute Gasteiger partial charge is 0.489 e.